The molecule has 1 aromatic carbocycles. The number of ether oxygens (including phenoxy) is 1. The van der Waals surface area contributed by atoms with Crippen molar-refractivity contribution >= 4 is 17.2 Å². The van der Waals surface area contributed by atoms with Crippen molar-refractivity contribution in [3.63, 3.8) is 0 Å². The van der Waals surface area contributed by atoms with Gasteiger partial charge in [-0.15, -0.1) is 11.3 Å². The molecule has 1 aliphatic rings. The first kappa shape index (κ1) is 11.3. The summed E-state index contributed by atoms with van der Waals surface area (Å²) < 4.78 is 5.52. The van der Waals surface area contributed by atoms with E-state index in [0.29, 0.717) is 13.1 Å². The number of carbonyl (C=O) groups excluding carboxylic acids is 1. The van der Waals surface area contributed by atoms with Gasteiger partial charge in [-0.2, -0.15) is 0 Å². The lowest BCUT2D eigenvalue weighted by molar-refractivity contribution is -0.133. The fourth-order valence-corrected chi connectivity index (χ4v) is 2.75. The summed E-state index contributed by atoms with van der Waals surface area (Å²) in [6, 6.07) is 11.9. The summed E-state index contributed by atoms with van der Waals surface area (Å²) in [6.45, 7) is 1.41. The normalized spacial score (nSPS) is 14.9. The van der Waals surface area contributed by atoms with E-state index in [1.807, 2.05) is 40.6 Å². The predicted octanol–water partition coefficient (Wildman–Crippen LogP) is 2.67. The third kappa shape index (κ3) is 2.24. The molecule has 0 aliphatic carbocycles. The zero-order chi connectivity index (χ0) is 12.4. The standard InChI is InChI=1S/C14H13NO2S/c16-14-10-17-13-6-2-1-4-11(13)8-15(14)9-12-5-3-7-18-12/h1-7H,8-10H2. The topological polar surface area (TPSA) is 29.5 Å². The monoisotopic (exact) mass is 259 g/mol. The third-order valence-electron chi connectivity index (χ3n) is 2.96. The third-order valence-corrected chi connectivity index (χ3v) is 3.83. The van der Waals surface area contributed by atoms with Gasteiger partial charge < -0.3 is 9.64 Å². The fraction of sp³-hybridized carbons (Fsp3) is 0.214. The summed E-state index contributed by atoms with van der Waals surface area (Å²) in [7, 11) is 0. The molecule has 0 saturated carbocycles. The van der Waals surface area contributed by atoms with Crippen LogP contribution in [0.1, 0.15) is 10.4 Å². The molecule has 0 bridgehead atoms. The molecule has 0 N–H and O–H groups in total. The molecule has 2 aromatic rings. The number of fused-ring (bicyclic) bond motifs is 1. The van der Waals surface area contributed by atoms with Gasteiger partial charge in [-0.25, -0.2) is 0 Å². The predicted molar refractivity (Wildman–Crippen MR) is 70.5 cm³/mol. The summed E-state index contributed by atoms with van der Waals surface area (Å²) >= 11 is 1.67. The summed E-state index contributed by atoms with van der Waals surface area (Å²) in [5, 5.41) is 2.03. The van der Waals surface area contributed by atoms with E-state index >= 15 is 0 Å². The lowest BCUT2D eigenvalue weighted by Gasteiger charge is -2.18. The molecular formula is C14H13NO2S. The molecule has 1 aliphatic heterocycles. The first-order chi connectivity index (χ1) is 8.83. The zero-order valence-electron chi connectivity index (χ0n) is 9.83. The highest BCUT2D eigenvalue weighted by atomic mass is 32.1. The van der Waals surface area contributed by atoms with Crippen molar-refractivity contribution in [2.75, 3.05) is 6.61 Å². The van der Waals surface area contributed by atoms with Crippen molar-refractivity contribution in [1.29, 1.82) is 0 Å². The number of nitrogens with zero attached hydrogens (tertiary/aromatic N) is 1. The molecule has 0 saturated heterocycles. The summed E-state index contributed by atoms with van der Waals surface area (Å²) in [5.41, 5.74) is 1.07. The molecule has 92 valence electrons. The Balaban J connectivity index is 1.84. The Kier molecular flexibility index (Phi) is 3.02. The second kappa shape index (κ2) is 4.82. The minimum Gasteiger partial charge on any atom is -0.483 e. The number of carbonyl (C=O) groups is 1. The van der Waals surface area contributed by atoms with Gasteiger partial charge in [-0.1, -0.05) is 24.3 Å². The maximum Gasteiger partial charge on any atom is 0.261 e. The number of amides is 1. The van der Waals surface area contributed by atoms with Crippen LogP contribution < -0.4 is 4.74 Å². The van der Waals surface area contributed by atoms with Crippen molar-refractivity contribution in [2.24, 2.45) is 0 Å². The van der Waals surface area contributed by atoms with Crippen LogP contribution in [0.25, 0.3) is 0 Å². The Hall–Kier alpha value is -1.81. The van der Waals surface area contributed by atoms with Crippen molar-refractivity contribution in [3.8, 4) is 5.75 Å². The van der Waals surface area contributed by atoms with Gasteiger partial charge in [0, 0.05) is 17.0 Å². The quantitative estimate of drug-likeness (QED) is 0.830. The molecule has 18 heavy (non-hydrogen) atoms. The second-order valence-electron chi connectivity index (χ2n) is 4.23. The molecule has 2 heterocycles. The fourth-order valence-electron chi connectivity index (χ4n) is 2.03. The molecule has 0 radical (unpaired) electrons. The van der Waals surface area contributed by atoms with E-state index in [4.69, 9.17) is 4.74 Å². The Labute approximate surface area is 110 Å². The van der Waals surface area contributed by atoms with E-state index in [0.717, 1.165) is 11.3 Å². The number of thiophene rings is 1. The van der Waals surface area contributed by atoms with Gasteiger partial charge >= 0.3 is 0 Å². The highest BCUT2D eigenvalue weighted by Gasteiger charge is 2.21. The molecular weight excluding hydrogens is 246 g/mol. The SMILES string of the molecule is O=C1COc2ccccc2CN1Cc1cccs1. The van der Waals surface area contributed by atoms with E-state index in [1.165, 1.54) is 4.88 Å². The molecule has 1 aromatic heterocycles. The van der Waals surface area contributed by atoms with Gasteiger partial charge in [0.25, 0.3) is 5.91 Å². The summed E-state index contributed by atoms with van der Waals surface area (Å²) in [4.78, 5) is 15.1. The zero-order valence-corrected chi connectivity index (χ0v) is 10.7. The van der Waals surface area contributed by atoms with Crippen LogP contribution in [0.4, 0.5) is 0 Å². The van der Waals surface area contributed by atoms with Crippen LogP contribution in [0.15, 0.2) is 41.8 Å². The molecule has 0 spiro atoms. The highest BCUT2D eigenvalue weighted by Crippen LogP contribution is 2.24. The molecule has 3 nitrogen and oxygen atoms in total. The smallest absolute Gasteiger partial charge is 0.261 e. The Morgan fingerprint density at radius 1 is 1.22 bits per heavy atom. The average Bonchev–Trinajstić information content (AvgIpc) is 2.84. The average molecular weight is 259 g/mol. The van der Waals surface area contributed by atoms with Crippen LogP contribution >= 0.6 is 11.3 Å². The molecule has 0 atom stereocenters. The van der Waals surface area contributed by atoms with E-state index in [2.05, 4.69) is 6.07 Å². The maximum atomic E-state index is 12.0. The van der Waals surface area contributed by atoms with Crippen LogP contribution in [-0.4, -0.2) is 17.4 Å². The second-order valence-corrected chi connectivity index (χ2v) is 5.26. The highest BCUT2D eigenvalue weighted by molar-refractivity contribution is 7.09. The molecule has 1 amide bonds. The van der Waals surface area contributed by atoms with Gasteiger partial charge in [0.15, 0.2) is 6.61 Å². The van der Waals surface area contributed by atoms with Crippen LogP contribution in [0.3, 0.4) is 0 Å². The van der Waals surface area contributed by atoms with E-state index in [-0.39, 0.29) is 12.5 Å². The Bertz CT molecular complexity index is 551. The van der Waals surface area contributed by atoms with Gasteiger partial charge in [0.05, 0.1) is 6.54 Å². The minimum atomic E-state index is 0.0413. The van der Waals surface area contributed by atoms with Crippen molar-refractivity contribution in [3.05, 3.63) is 52.2 Å². The van der Waals surface area contributed by atoms with Gasteiger partial charge in [0.1, 0.15) is 5.75 Å². The first-order valence-electron chi connectivity index (χ1n) is 5.84. The van der Waals surface area contributed by atoms with Crippen LogP contribution in [0.2, 0.25) is 0 Å². The summed E-state index contributed by atoms with van der Waals surface area (Å²) in [6.07, 6.45) is 0. The van der Waals surface area contributed by atoms with Crippen LogP contribution in [0, 0.1) is 0 Å². The van der Waals surface area contributed by atoms with E-state index in [9.17, 15) is 4.79 Å². The van der Waals surface area contributed by atoms with Crippen LogP contribution in [0.5, 0.6) is 5.75 Å². The number of hydrogen-bond donors (Lipinski definition) is 0. The number of rotatable bonds is 2. The minimum absolute atomic E-state index is 0.0413. The van der Waals surface area contributed by atoms with Crippen molar-refractivity contribution in [2.45, 2.75) is 13.1 Å². The van der Waals surface area contributed by atoms with E-state index < -0.39 is 0 Å². The Morgan fingerprint density at radius 3 is 2.94 bits per heavy atom. The van der Waals surface area contributed by atoms with E-state index in [1.54, 1.807) is 11.3 Å². The first-order valence-corrected chi connectivity index (χ1v) is 6.72. The number of para-hydroxylation sites is 1. The van der Waals surface area contributed by atoms with Crippen LogP contribution in [-0.2, 0) is 17.9 Å². The lowest BCUT2D eigenvalue weighted by atomic mass is 10.2. The maximum absolute atomic E-state index is 12.0. The summed E-state index contributed by atoms with van der Waals surface area (Å²) in [5.74, 6) is 0.860. The van der Waals surface area contributed by atoms with Crippen molar-refractivity contribution in [1.82, 2.24) is 4.90 Å². The molecule has 0 fully saturated rings. The number of benzene rings is 1. The largest absolute Gasteiger partial charge is 0.483 e. The van der Waals surface area contributed by atoms with Gasteiger partial charge in [-0.05, 0) is 17.5 Å². The lowest BCUT2D eigenvalue weighted by Crippen LogP contribution is -2.31. The molecule has 3 rings (SSSR count). The number of hydrogen-bond acceptors (Lipinski definition) is 3. The Morgan fingerprint density at radius 2 is 2.11 bits per heavy atom. The van der Waals surface area contributed by atoms with Crippen molar-refractivity contribution < 1.29 is 9.53 Å². The molecule has 4 heteroatoms. The van der Waals surface area contributed by atoms with Gasteiger partial charge in [0.2, 0.25) is 0 Å². The molecule has 0 unspecified atom stereocenters. The van der Waals surface area contributed by atoms with Gasteiger partial charge in [-0.3, -0.25) is 4.79 Å².